The van der Waals surface area contributed by atoms with Crippen LogP contribution in [0.1, 0.15) is 30.6 Å². The van der Waals surface area contributed by atoms with E-state index in [9.17, 15) is 4.79 Å². The summed E-state index contributed by atoms with van der Waals surface area (Å²) >= 11 is 0. The third kappa shape index (κ3) is 3.99. The number of carbonyl (C=O) groups is 1. The minimum absolute atomic E-state index is 0.273. The SMILES string of the molecule is CCCOC(=O)c1cc(-n2cnnc2)ccc1N1CCN(CC)CC1. The molecule has 1 fully saturated rings. The Bertz CT molecular complexity index is 693. The van der Waals surface area contributed by atoms with Crippen molar-refractivity contribution in [1.82, 2.24) is 19.7 Å². The third-order valence-corrected chi connectivity index (χ3v) is 4.51. The molecule has 3 rings (SSSR count). The van der Waals surface area contributed by atoms with Crippen molar-refractivity contribution in [1.29, 1.82) is 0 Å². The van der Waals surface area contributed by atoms with E-state index in [0.717, 1.165) is 50.5 Å². The van der Waals surface area contributed by atoms with Gasteiger partial charge in [0.25, 0.3) is 0 Å². The van der Waals surface area contributed by atoms with Crippen LogP contribution in [0.4, 0.5) is 5.69 Å². The van der Waals surface area contributed by atoms with Gasteiger partial charge in [-0.3, -0.25) is 4.57 Å². The van der Waals surface area contributed by atoms with Gasteiger partial charge in [0.2, 0.25) is 0 Å². The van der Waals surface area contributed by atoms with E-state index in [1.165, 1.54) is 0 Å². The maximum Gasteiger partial charge on any atom is 0.340 e. The van der Waals surface area contributed by atoms with Gasteiger partial charge < -0.3 is 14.5 Å². The number of aromatic nitrogens is 3. The highest BCUT2D eigenvalue weighted by Crippen LogP contribution is 2.26. The Morgan fingerprint density at radius 3 is 2.48 bits per heavy atom. The molecule has 7 nitrogen and oxygen atoms in total. The number of anilines is 1. The van der Waals surface area contributed by atoms with E-state index in [2.05, 4.69) is 26.9 Å². The fourth-order valence-electron chi connectivity index (χ4n) is 3.04. The van der Waals surface area contributed by atoms with Crippen molar-refractivity contribution in [3.05, 3.63) is 36.4 Å². The molecule has 0 aliphatic carbocycles. The molecule has 0 amide bonds. The topological polar surface area (TPSA) is 63.5 Å². The molecule has 1 saturated heterocycles. The third-order valence-electron chi connectivity index (χ3n) is 4.51. The van der Waals surface area contributed by atoms with E-state index in [4.69, 9.17) is 4.74 Å². The first kappa shape index (κ1) is 17.4. The predicted molar refractivity (Wildman–Crippen MR) is 96.3 cm³/mol. The summed E-state index contributed by atoms with van der Waals surface area (Å²) in [7, 11) is 0. The fourth-order valence-corrected chi connectivity index (χ4v) is 3.04. The maximum atomic E-state index is 12.6. The second-order valence-electron chi connectivity index (χ2n) is 6.13. The largest absolute Gasteiger partial charge is 0.462 e. The molecule has 0 atom stereocenters. The van der Waals surface area contributed by atoms with Crippen molar-refractivity contribution in [2.45, 2.75) is 20.3 Å². The number of nitrogens with zero attached hydrogens (tertiary/aromatic N) is 5. The Hall–Kier alpha value is -2.41. The molecule has 25 heavy (non-hydrogen) atoms. The predicted octanol–water partition coefficient (Wildman–Crippen LogP) is 1.98. The van der Waals surface area contributed by atoms with Gasteiger partial charge in [0.15, 0.2) is 0 Å². The van der Waals surface area contributed by atoms with E-state index in [-0.39, 0.29) is 5.97 Å². The summed E-state index contributed by atoms with van der Waals surface area (Å²) in [6.45, 7) is 9.50. The Balaban J connectivity index is 1.89. The van der Waals surface area contributed by atoms with Gasteiger partial charge in [-0.2, -0.15) is 0 Å². The first-order chi connectivity index (χ1) is 12.2. The summed E-state index contributed by atoms with van der Waals surface area (Å²) in [6, 6.07) is 5.85. The molecule has 0 saturated carbocycles. The molecule has 2 heterocycles. The molecule has 0 N–H and O–H groups in total. The van der Waals surface area contributed by atoms with Crippen LogP contribution in [-0.4, -0.2) is 65.0 Å². The van der Waals surface area contributed by atoms with Gasteiger partial charge in [-0.25, -0.2) is 4.79 Å². The number of esters is 1. The lowest BCUT2D eigenvalue weighted by Crippen LogP contribution is -2.46. The quantitative estimate of drug-likeness (QED) is 0.748. The van der Waals surface area contributed by atoms with Gasteiger partial charge in [-0.1, -0.05) is 13.8 Å². The zero-order valence-corrected chi connectivity index (χ0v) is 14.9. The van der Waals surface area contributed by atoms with Crippen molar-refractivity contribution >= 4 is 11.7 Å². The van der Waals surface area contributed by atoms with E-state index in [0.29, 0.717) is 12.2 Å². The van der Waals surface area contributed by atoms with Gasteiger partial charge >= 0.3 is 5.97 Å². The molecule has 1 aromatic heterocycles. The monoisotopic (exact) mass is 343 g/mol. The number of piperazine rings is 1. The lowest BCUT2D eigenvalue weighted by atomic mass is 10.1. The number of rotatable bonds is 6. The van der Waals surface area contributed by atoms with Crippen LogP contribution in [0.5, 0.6) is 0 Å². The molecule has 0 spiro atoms. The molecule has 1 aliphatic rings. The van der Waals surface area contributed by atoms with Gasteiger partial charge in [0.1, 0.15) is 12.7 Å². The normalized spacial score (nSPS) is 15.4. The Morgan fingerprint density at radius 2 is 1.84 bits per heavy atom. The second kappa shape index (κ2) is 8.11. The lowest BCUT2D eigenvalue weighted by molar-refractivity contribution is 0.0505. The molecule has 1 aliphatic heterocycles. The summed E-state index contributed by atoms with van der Waals surface area (Å²) < 4.78 is 7.19. The summed E-state index contributed by atoms with van der Waals surface area (Å²) in [5.74, 6) is -0.273. The van der Waals surface area contributed by atoms with E-state index < -0.39 is 0 Å². The molecule has 0 unspecified atom stereocenters. The molecule has 0 bridgehead atoms. The van der Waals surface area contributed by atoms with Crippen LogP contribution in [0, 0.1) is 0 Å². The van der Waals surface area contributed by atoms with E-state index in [1.807, 2.05) is 25.1 Å². The minimum atomic E-state index is -0.273. The van der Waals surface area contributed by atoms with Crippen LogP contribution in [-0.2, 0) is 4.74 Å². The number of likely N-dealkylation sites (N-methyl/N-ethyl adjacent to an activating group) is 1. The number of carbonyl (C=O) groups excluding carboxylic acids is 1. The minimum Gasteiger partial charge on any atom is -0.462 e. The van der Waals surface area contributed by atoms with E-state index >= 15 is 0 Å². The standard InChI is InChI=1S/C18H25N5O2/c1-3-11-25-18(24)16-12-15(23-13-19-20-14-23)5-6-17(16)22-9-7-21(4-2)8-10-22/h5-6,12-14H,3-4,7-11H2,1-2H3. The molecule has 7 heteroatoms. The number of hydrogen-bond acceptors (Lipinski definition) is 6. The average Bonchev–Trinajstić information content (AvgIpc) is 3.20. The van der Waals surface area contributed by atoms with E-state index in [1.54, 1.807) is 17.2 Å². The molecule has 0 radical (unpaired) electrons. The number of benzene rings is 1. The summed E-state index contributed by atoms with van der Waals surface area (Å²) in [4.78, 5) is 17.3. The highest BCUT2D eigenvalue weighted by atomic mass is 16.5. The van der Waals surface area contributed by atoms with Crippen molar-refractivity contribution in [2.24, 2.45) is 0 Å². The highest BCUT2D eigenvalue weighted by molar-refractivity contribution is 5.96. The lowest BCUT2D eigenvalue weighted by Gasteiger charge is -2.36. The summed E-state index contributed by atoms with van der Waals surface area (Å²) in [6.07, 6.45) is 4.05. The van der Waals surface area contributed by atoms with Gasteiger partial charge in [-0.05, 0) is 31.2 Å². The first-order valence-corrected chi connectivity index (χ1v) is 8.86. The molecular formula is C18H25N5O2. The average molecular weight is 343 g/mol. The van der Waals surface area contributed by atoms with Crippen LogP contribution in [0.2, 0.25) is 0 Å². The first-order valence-electron chi connectivity index (χ1n) is 8.86. The Labute approximate surface area is 148 Å². The van der Waals surface area contributed by atoms with Crippen LogP contribution in [0.15, 0.2) is 30.9 Å². The number of ether oxygens (including phenoxy) is 1. The summed E-state index contributed by atoms with van der Waals surface area (Å²) in [5, 5.41) is 7.67. The van der Waals surface area contributed by atoms with Crippen molar-refractivity contribution in [3.63, 3.8) is 0 Å². The van der Waals surface area contributed by atoms with Crippen LogP contribution < -0.4 is 4.90 Å². The fraction of sp³-hybridized carbons (Fsp3) is 0.500. The molecule has 1 aromatic carbocycles. The van der Waals surface area contributed by atoms with Crippen molar-refractivity contribution < 1.29 is 9.53 Å². The smallest absolute Gasteiger partial charge is 0.340 e. The summed E-state index contributed by atoms with van der Waals surface area (Å²) in [5.41, 5.74) is 2.39. The zero-order chi connectivity index (χ0) is 17.6. The van der Waals surface area contributed by atoms with Crippen LogP contribution in [0.3, 0.4) is 0 Å². The van der Waals surface area contributed by atoms with Crippen molar-refractivity contribution in [3.8, 4) is 5.69 Å². The van der Waals surface area contributed by atoms with Crippen LogP contribution >= 0.6 is 0 Å². The Morgan fingerprint density at radius 1 is 1.12 bits per heavy atom. The number of hydrogen-bond donors (Lipinski definition) is 0. The van der Waals surface area contributed by atoms with Gasteiger partial charge in [-0.15, -0.1) is 10.2 Å². The van der Waals surface area contributed by atoms with Crippen molar-refractivity contribution in [2.75, 3.05) is 44.2 Å². The maximum absolute atomic E-state index is 12.6. The highest BCUT2D eigenvalue weighted by Gasteiger charge is 2.22. The Kier molecular flexibility index (Phi) is 5.65. The molecular weight excluding hydrogens is 318 g/mol. The second-order valence-corrected chi connectivity index (χ2v) is 6.13. The molecule has 134 valence electrons. The van der Waals surface area contributed by atoms with Gasteiger partial charge in [0.05, 0.1) is 17.9 Å². The molecule has 2 aromatic rings. The van der Waals surface area contributed by atoms with Gasteiger partial charge in [0, 0.05) is 31.9 Å². The zero-order valence-electron chi connectivity index (χ0n) is 14.9. The van der Waals surface area contributed by atoms with Crippen LogP contribution in [0.25, 0.3) is 5.69 Å².